The Balaban J connectivity index is 1.48. The first-order valence-corrected chi connectivity index (χ1v) is 11.4. The molecule has 1 N–H and O–H groups in total. The van der Waals surface area contributed by atoms with E-state index in [1.807, 2.05) is 45.0 Å². The molecule has 180 valence electrons. The number of hydrogen-bond acceptors (Lipinski definition) is 6. The van der Waals surface area contributed by atoms with Gasteiger partial charge in [0, 0.05) is 24.3 Å². The Hall–Kier alpha value is -3.68. The van der Waals surface area contributed by atoms with Gasteiger partial charge >= 0.3 is 11.9 Å². The van der Waals surface area contributed by atoms with Gasteiger partial charge in [0.05, 0.1) is 18.1 Å². The highest BCUT2D eigenvalue weighted by atomic mass is 16.5. The van der Waals surface area contributed by atoms with Gasteiger partial charge in [-0.05, 0) is 48.2 Å². The summed E-state index contributed by atoms with van der Waals surface area (Å²) in [4.78, 5) is 50.7. The lowest BCUT2D eigenvalue weighted by atomic mass is 10.1. The standard InChI is InChI=1S/C26H30N2O6/c1-4-18-7-5-6-8-22(18)28-14-20(13-24(28)30)26(32)34-16-23(29)27-21-11-9-19(10-12-21)25(31)33-15-17(2)3/h5-12,17,20H,4,13-16H2,1-3H3,(H,27,29)/t20-/m0/s1. The third kappa shape index (κ3) is 6.43. The number of hydrogen-bond donors (Lipinski definition) is 1. The van der Waals surface area contributed by atoms with Crippen LogP contribution in [0.5, 0.6) is 0 Å². The van der Waals surface area contributed by atoms with Gasteiger partial charge < -0.3 is 19.7 Å². The lowest BCUT2D eigenvalue weighted by Gasteiger charge is -2.19. The highest BCUT2D eigenvalue weighted by Gasteiger charge is 2.37. The Morgan fingerprint density at radius 2 is 1.76 bits per heavy atom. The summed E-state index contributed by atoms with van der Waals surface area (Å²) >= 11 is 0. The number of carbonyl (C=O) groups excluding carboxylic acids is 4. The van der Waals surface area contributed by atoms with E-state index in [2.05, 4.69) is 5.32 Å². The Morgan fingerprint density at radius 1 is 1.06 bits per heavy atom. The maximum Gasteiger partial charge on any atom is 0.338 e. The number of anilines is 2. The van der Waals surface area contributed by atoms with Gasteiger partial charge in [-0.25, -0.2) is 4.79 Å². The fraction of sp³-hybridized carbons (Fsp3) is 0.385. The molecule has 3 rings (SSSR count). The number of rotatable bonds is 9. The van der Waals surface area contributed by atoms with E-state index in [0.717, 1.165) is 17.7 Å². The van der Waals surface area contributed by atoms with Gasteiger partial charge in [-0.1, -0.05) is 39.0 Å². The first-order valence-electron chi connectivity index (χ1n) is 11.4. The minimum atomic E-state index is -0.624. The quantitative estimate of drug-likeness (QED) is 0.567. The van der Waals surface area contributed by atoms with Crippen molar-refractivity contribution in [3.8, 4) is 0 Å². The number of benzene rings is 2. The van der Waals surface area contributed by atoms with Crippen molar-refractivity contribution in [2.24, 2.45) is 11.8 Å². The molecule has 0 aliphatic carbocycles. The molecule has 8 heteroatoms. The molecule has 1 fully saturated rings. The molecule has 0 aromatic heterocycles. The number of carbonyl (C=O) groups is 4. The van der Waals surface area contributed by atoms with Crippen LogP contribution in [-0.2, 0) is 30.3 Å². The van der Waals surface area contributed by atoms with Crippen molar-refractivity contribution in [1.82, 2.24) is 0 Å². The van der Waals surface area contributed by atoms with Crippen LogP contribution in [0.2, 0.25) is 0 Å². The maximum atomic E-state index is 12.5. The molecule has 34 heavy (non-hydrogen) atoms. The number of para-hydroxylation sites is 1. The molecule has 0 bridgehead atoms. The molecule has 2 aromatic carbocycles. The minimum absolute atomic E-state index is 0.0485. The minimum Gasteiger partial charge on any atom is -0.462 e. The van der Waals surface area contributed by atoms with Gasteiger partial charge in [-0.2, -0.15) is 0 Å². The predicted molar refractivity (Wildman–Crippen MR) is 127 cm³/mol. The Kier molecular flexibility index (Phi) is 8.40. The molecule has 1 atom stereocenters. The fourth-order valence-corrected chi connectivity index (χ4v) is 3.64. The molecule has 1 heterocycles. The third-order valence-corrected chi connectivity index (χ3v) is 5.42. The summed E-state index contributed by atoms with van der Waals surface area (Å²) in [7, 11) is 0. The van der Waals surface area contributed by atoms with E-state index in [1.54, 1.807) is 29.2 Å². The molecular formula is C26H30N2O6. The lowest BCUT2D eigenvalue weighted by molar-refractivity contribution is -0.151. The molecule has 0 radical (unpaired) electrons. The summed E-state index contributed by atoms with van der Waals surface area (Å²) in [6, 6.07) is 13.9. The Bertz CT molecular complexity index is 1050. The van der Waals surface area contributed by atoms with Gasteiger partial charge in [0.15, 0.2) is 6.61 Å². The molecular weight excluding hydrogens is 436 g/mol. The molecule has 0 spiro atoms. The van der Waals surface area contributed by atoms with Crippen molar-refractivity contribution in [2.75, 3.05) is 30.0 Å². The van der Waals surface area contributed by atoms with Crippen LogP contribution < -0.4 is 10.2 Å². The Labute approximate surface area is 199 Å². The van der Waals surface area contributed by atoms with Crippen molar-refractivity contribution in [2.45, 2.75) is 33.6 Å². The van der Waals surface area contributed by atoms with E-state index in [0.29, 0.717) is 17.9 Å². The zero-order chi connectivity index (χ0) is 24.7. The van der Waals surface area contributed by atoms with E-state index < -0.39 is 30.4 Å². The number of nitrogens with one attached hydrogen (secondary N) is 1. The van der Waals surface area contributed by atoms with Crippen LogP contribution in [0, 0.1) is 11.8 Å². The zero-order valence-corrected chi connectivity index (χ0v) is 19.7. The molecule has 2 amide bonds. The normalized spacial score (nSPS) is 15.4. The van der Waals surface area contributed by atoms with Gasteiger partial charge in [-0.15, -0.1) is 0 Å². The molecule has 1 aliphatic heterocycles. The average Bonchev–Trinajstić information content (AvgIpc) is 3.22. The third-order valence-electron chi connectivity index (χ3n) is 5.42. The van der Waals surface area contributed by atoms with Gasteiger partial charge in [0.2, 0.25) is 5.91 Å². The number of nitrogens with zero attached hydrogens (tertiary/aromatic N) is 1. The lowest BCUT2D eigenvalue weighted by Crippen LogP contribution is -2.28. The predicted octanol–water partition coefficient (Wildman–Crippen LogP) is 3.60. The van der Waals surface area contributed by atoms with Crippen molar-refractivity contribution in [3.63, 3.8) is 0 Å². The number of ether oxygens (including phenoxy) is 2. The van der Waals surface area contributed by atoms with Crippen LogP contribution in [-0.4, -0.2) is 43.5 Å². The SMILES string of the molecule is CCc1ccccc1N1C[C@@H](C(=O)OCC(=O)Nc2ccc(C(=O)OCC(C)C)cc2)CC1=O. The highest BCUT2D eigenvalue weighted by molar-refractivity contribution is 6.00. The summed E-state index contributed by atoms with van der Waals surface area (Å²) in [6.07, 6.45) is 0.822. The number of amides is 2. The van der Waals surface area contributed by atoms with Gasteiger partial charge in [-0.3, -0.25) is 14.4 Å². The molecule has 0 unspecified atom stereocenters. The van der Waals surface area contributed by atoms with Crippen molar-refractivity contribution >= 4 is 35.1 Å². The maximum absolute atomic E-state index is 12.5. The first-order chi connectivity index (χ1) is 16.3. The second kappa shape index (κ2) is 11.4. The van der Waals surface area contributed by atoms with Crippen molar-refractivity contribution in [1.29, 1.82) is 0 Å². The number of aryl methyl sites for hydroxylation is 1. The van der Waals surface area contributed by atoms with Crippen LogP contribution in [0.25, 0.3) is 0 Å². The van der Waals surface area contributed by atoms with Crippen molar-refractivity contribution in [3.05, 3.63) is 59.7 Å². The second-order valence-corrected chi connectivity index (χ2v) is 8.61. The summed E-state index contributed by atoms with van der Waals surface area (Å²) in [5, 5.41) is 2.62. The highest BCUT2D eigenvalue weighted by Crippen LogP contribution is 2.29. The summed E-state index contributed by atoms with van der Waals surface area (Å²) in [5.74, 6) is -2.05. The molecule has 1 saturated heterocycles. The molecule has 1 aliphatic rings. The average molecular weight is 467 g/mol. The van der Waals surface area contributed by atoms with E-state index in [4.69, 9.17) is 9.47 Å². The van der Waals surface area contributed by atoms with Gasteiger partial charge in [0.25, 0.3) is 5.91 Å². The number of esters is 2. The van der Waals surface area contributed by atoms with E-state index in [1.165, 1.54) is 0 Å². The van der Waals surface area contributed by atoms with Crippen LogP contribution in [0.4, 0.5) is 11.4 Å². The van der Waals surface area contributed by atoms with Crippen LogP contribution >= 0.6 is 0 Å². The largest absolute Gasteiger partial charge is 0.462 e. The second-order valence-electron chi connectivity index (χ2n) is 8.61. The van der Waals surface area contributed by atoms with Crippen molar-refractivity contribution < 1.29 is 28.7 Å². The van der Waals surface area contributed by atoms with Gasteiger partial charge in [0.1, 0.15) is 0 Å². The van der Waals surface area contributed by atoms with E-state index >= 15 is 0 Å². The summed E-state index contributed by atoms with van der Waals surface area (Å²) < 4.78 is 10.3. The van der Waals surface area contributed by atoms with Crippen LogP contribution in [0.15, 0.2) is 48.5 Å². The molecule has 2 aromatic rings. The Morgan fingerprint density at radius 3 is 2.44 bits per heavy atom. The van der Waals surface area contributed by atoms with E-state index in [-0.39, 0.29) is 24.8 Å². The van der Waals surface area contributed by atoms with Crippen LogP contribution in [0.1, 0.15) is 43.1 Å². The summed E-state index contributed by atoms with van der Waals surface area (Å²) in [6.45, 7) is 6.00. The smallest absolute Gasteiger partial charge is 0.338 e. The topological polar surface area (TPSA) is 102 Å². The fourth-order valence-electron chi connectivity index (χ4n) is 3.64. The summed E-state index contributed by atoms with van der Waals surface area (Å²) in [5.41, 5.74) is 2.67. The first kappa shape index (κ1) is 25.0. The van der Waals surface area contributed by atoms with Crippen LogP contribution in [0.3, 0.4) is 0 Å². The molecule has 0 saturated carbocycles. The van der Waals surface area contributed by atoms with E-state index in [9.17, 15) is 19.2 Å². The monoisotopic (exact) mass is 466 g/mol. The zero-order valence-electron chi connectivity index (χ0n) is 19.7. The molecule has 8 nitrogen and oxygen atoms in total.